The number of amides is 1. The molecule has 0 unspecified atom stereocenters. The van der Waals surface area contributed by atoms with Crippen molar-refractivity contribution in [1.82, 2.24) is 0 Å². The van der Waals surface area contributed by atoms with Crippen molar-refractivity contribution in [3.63, 3.8) is 0 Å². The molecule has 0 radical (unpaired) electrons. The molecule has 0 aliphatic rings. The van der Waals surface area contributed by atoms with Crippen LogP contribution in [0.2, 0.25) is 0 Å². The zero-order chi connectivity index (χ0) is 15.2. The Morgan fingerprint density at radius 3 is 2.81 bits per heavy atom. The monoisotopic (exact) mass is 352 g/mol. The molecular formula is C15H14BrFN2O2. The Labute approximate surface area is 130 Å². The van der Waals surface area contributed by atoms with E-state index in [1.165, 1.54) is 18.2 Å². The van der Waals surface area contributed by atoms with E-state index < -0.39 is 5.82 Å². The second-order valence-corrected chi connectivity index (χ2v) is 5.22. The predicted molar refractivity (Wildman–Crippen MR) is 83.2 cm³/mol. The van der Waals surface area contributed by atoms with E-state index in [4.69, 9.17) is 10.5 Å². The fourth-order valence-corrected chi connectivity index (χ4v) is 2.09. The number of ether oxygens (including phenoxy) is 1. The Kier molecular flexibility index (Phi) is 5.30. The van der Waals surface area contributed by atoms with E-state index in [9.17, 15) is 9.18 Å². The zero-order valence-corrected chi connectivity index (χ0v) is 12.7. The lowest BCUT2D eigenvalue weighted by atomic mass is 10.2. The normalized spacial score (nSPS) is 10.4. The summed E-state index contributed by atoms with van der Waals surface area (Å²) < 4.78 is 19.3. The summed E-state index contributed by atoms with van der Waals surface area (Å²) in [5.41, 5.74) is 7.13. The Morgan fingerprint density at radius 1 is 1.29 bits per heavy atom. The van der Waals surface area contributed by atoms with Crippen LogP contribution in [0.1, 0.15) is 5.56 Å². The van der Waals surface area contributed by atoms with E-state index in [1.54, 1.807) is 0 Å². The van der Waals surface area contributed by atoms with Crippen LogP contribution in [-0.2, 0) is 16.1 Å². The van der Waals surface area contributed by atoms with Gasteiger partial charge in [-0.25, -0.2) is 4.39 Å². The molecule has 0 aliphatic carbocycles. The Hall–Kier alpha value is -1.92. The van der Waals surface area contributed by atoms with Crippen LogP contribution >= 0.6 is 15.9 Å². The van der Waals surface area contributed by atoms with Gasteiger partial charge in [0.1, 0.15) is 12.4 Å². The first-order valence-electron chi connectivity index (χ1n) is 6.22. The summed E-state index contributed by atoms with van der Waals surface area (Å²) in [6, 6.07) is 11.4. The molecule has 2 rings (SSSR count). The summed E-state index contributed by atoms with van der Waals surface area (Å²) in [4.78, 5) is 11.7. The van der Waals surface area contributed by atoms with Gasteiger partial charge >= 0.3 is 0 Å². The second-order valence-electron chi connectivity index (χ2n) is 4.36. The molecule has 0 saturated heterocycles. The molecule has 2 aromatic carbocycles. The first-order valence-corrected chi connectivity index (χ1v) is 7.01. The van der Waals surface area contributed by atoms with Gasteiger partial charge in [0.2, 0.25) is 5.91 Å². The minimum absolute atomic E-state index is 0.142. The lowest BCUT2D eigenvalue weighted by Gasteiger charge is -2.09. The molecule has 0 spiro atoms. The molecule has 3 N–H and O–H groups in total. The standard InChI is InChI=1S/C15H14BrFN2O2/c16-12-4-2-1-3-10(12)8-21-9-15(20)19-14-7-11(17)5-6-13(14)18/h1-7H,8-9,18H2,(H,19,20). The van der Waals surface area contributed by atoms with Crippen LogP contribution in [0.5, 0.6) is 0 Å². The molecule has 0 fully saturated rings. The summed E-state index contributed by atoms with van der Waals surface area (Å²) in [5, 5.41) is 2.51. The summed E-state index contributed by atoms with van der Waals surface area (Å²) in [6.07, 6.45) is 0. The molecule has 0 aromatic heterocycles. The van der Waals surface area contributed by atoms with Gasteiger partial charge in [0.05, 0.1) is 18.0 Å². The number of carbonyl (C=O) groups is 1. The zero-order valence-electron chi connectivity index (χ0n) is 11.1. The summed E-state index contributed by atoms with van der Waals surface area (Å²) >= 11 is 3.40. The summed E-state index contributed by atoms with van der Waals surface area (Å²) in [6.45, 7) is 0.158. The van der Waals surface area contributed by atoms with Crippen molar-refractivity contribution >= 4 is 33.2 Å². The number of nitrogens with two attached hydrogens (primary N) is 1. The Morgan fingerprint density at radius 2 is 2.05 bits per heavy atom. The number of nitrogens with one attached hydrogen (secondary N) is 1. The molecule has 110 valence electrons. The van der Waals surface area contributed by atoms with E-state index >= 15 is 0 Å². The second kappa shape index (κ2) is 7.19. The van der Waals surface area contributed by atoms with Crippen molar-refractivity contribution in [2.24, 2.45) is 0 Å². The lowest BCUT2D eigenvalue weighted by molar-refractivity contribution is -0.121. The fraction of sp³-hybridized carbons (Fsp3) is 0.133. The van der Waals surface area contributed by atoms with Gasteiger partial charge in [-0.05, 0) is 29.8 Å². The van der Waals surface area contributed by atoms with Gasteiger partial charge in [-0.15, -0.1) is 0 Å². The average molecular weight is 353 g/mol. The topological polar surface area (TPSA) is 64.3 Å². The third-order valence-corrected chi connectivity index (χ3v) is 3.51. The van der Waals surface area contributed by atoms with E-state index in [2.05, 4.69) is 21.2 Å². The Bertz CT molecular complexity index is 649. The van der Waals surface area contributed by atoms with Gasteiger partial charge in [-0.2, -0.15) is 0 Å². The van der Waals surface area contributed by atoms with Gasteiger partial charge in [-0.1, -0.05) is 34.1 Å². The molecule has 21 heavy (non-hydrogen) atoms. The minimum Gasteiger partial charge on any atom is -0.397 e. The number of anilines is 2. The van der Waals surface area contributed by atoms with Gasteiger partial charge in [-0.3, -0.25) is 4.79 Å². The molecule has 4 nitrogen and oxygen atoms in total. The van der Waals surface area contributed by atoms with E-state index in [-0.39, 0.29) is 18.2 Å². The first-order chi connectivity index (χ1) is 10.1. The van der Waals surface area contributed by atoms with E-state index in [0.717, 1.165) is 10.0 Å². The maximum atomic E-state index is 13.1. The number of benzene rings is 2. The highest BCUT2D eigenvalue weighted by atomic mass is 79.9. The molecule has 0 bridgehead atoms. The van der Waals surface area contributed by atoms with Crippen LogP contribution < -0.4 is 11.1 Å². The molecule has 0 heterocycles. The summed E-state index contributed by atoms with van der Waals surface area (Å²) in [5.74, 6) is -0.854. The van der Waals surface area contributed by atoms with Crippen LogP contribution in [0.15, 0.2) is 46.9 Å². The average Bonchev–Trinajstić information content (AvgIpc) is 2.45. The van der Waals surface area contributed by atoms with E-state index in [0.29, 0.717) is 12.3 Å². The molecule has 1 amide bonds. The number of halogens is 2. The fourth-order valence-electron chi connectivity index (χ4n) is 1.69. The quantitative estimate of drug-likeness (QED) is 0.811. The van der Waals surface area contributed by atoms with Crippen molar-refractivity contribution in [2.75, 3.05) is 17.7 Å². The van der Waals surface area contributed by atoms with Gasteiger partial charge in [0.15, 0.2) is 0 Å². The van der Waals surface area contributed by atoms with E-state index in [1.807, 2.05) is 24.3 Å². The van der Waals surface area contributed by atoms with Crippen molar-refractivity contribution in [3.05, 3.63) is 58.3 Å². The minimum atomic E-state index is -0.464. The SMILES string of the molecule is Nc1ccc(F)cc1NC(=O)COCc1ccccc1Br. The lowest BCUT2D eigenvalue weighted by Crippen LogP contribution is -2.19. The number of carbonyl (C=O) groups excluding carboxylic acids is 1. The molecule has 6 heteroatoms. The predicted octanol–water partition coefficient (Wildman–Crippen LogP) is 3.33. The molecular weight excluding hydrogens is 339 g/mol. The number of rotatable bonds is 5. The number of hydrogen-bond donors (Lipinski definition) is 2. The first kappa shape index (κ1) is 15.5. The van der Waals surface area contributed by atoms with Crippen molar-refractivity contribution in [2.45, 2.75) is 6.61 Å². The van der Waals surface area contributed by atoms with Crippen LogP contribution in [0.3, 0.4) is 0 Å². The molecule has 0 atom stereocenters. The molecule has 0 saturated carbocycles. The smallest absolute Gasteiger partial charge is 0.250 e. The van der Waals surface area contributed by atoms with Crippen molar-refractivity contribution in [1.29, 1.82) is 0 Å². The Balaban J connectivity index is 1.85. The number of nitrogen functional groups attached to an aromatic ring is 1. The molecule has 2 aromatic rings. The third-order valence-electron chi connectivity index (χ3n) is 2.74. The maximum Gasteiger partial charge on any atom is 0.250 e. The van der Waals surface area contributed by atoms with Gasteiger partial charge in [0.25, 0.3) is 0 Å². The van der Waals surface area contributed by atoms with Crippen LogP contribution in [0.4, 0.5) is 15.8 Å². The van der Waals surface area contributed by atoms with Crippen molar-refractivity contribution in [3.8, 4) is 0 Å². The van der Waals surface area contributed by atoms with Crippen LogP contribution in [0.25, 0.3) is 0 Å². The highest BCUT2D eigenvalue weighted by Crippen LogP contribution is 2.19. The van der Waals surface area contributed by atoms with Crippen LogP contribution in [0, 0.1) is 5.82 Å². The molecule has 0 aliphatic heterocycles. The largest absolute Gasteiger partial charge is 0.397 e. The van der Waals surface area contributed by atoms with Crippen LogP contribution in [-0.4, -0.2) is 12.5 Å². The van der Waals surface area contributed by atoms with Gasteiger partial charge in [0, 0.05) is 4.47 Å². The maximum absolute atomic E-state index is 13.1. The third kappa shape index (κ3) is 4.54. The van der Waals surface area contributed by atoms with Gasteiger partial charge < -0.3 is 15.8 Å². The number of hydrogen-bond acceptors (Lipinski definition) is 3. The highest BCUT2D eigenvalue weighted by Gasteiger charge is 2.07. The summed E-state index contributed by atoms with van der Waals surface area (Å²) in [7, 11) is 0. The highest BCUT2D eigenvalue weighted by molar-refractivity contribution is 9.10. The van der Waals surface area contributed by atoms with Crippen molar-refractivity contribution < 1.29 is 13.9 Å².